The summed E-state index contributed by atoms with van der Waals surface area (Å²) < 4.78 is 14.3. The van der Waals surface area contributed by atoms with Crippen molar-refractivity contribution in [2.75, 3.05) is 6.61 Å². The second-order valence-corrected chi connectivity index (χ2v) is 7.22. The summed E-state index contributed by atoms with van der Waals surface area (Å²) in [4.78, 5) is 13.7. The van der Waals surface area contributed by atoms with Crippen molar-refractivity contribution >= 4 is 17.3 Å². The second-order valence-electron chi connectivity index (χ2n) is 6.82. The molecule has 0 radical (unpaired) electrons. The molecule has 1 aliphatic heterocycles. The number of nitrogens with zero attached hydrogens (tertiary/aromatic N) is 3. The molecule has 4 rings (SSSR count). The first kappa shape index (κ1) is 16.6. The Kier molecular flexibility index (Phi) is 4.29. The van der Waals surface area contributed by atoms with E-state index in [1.807, 2.05) is 0 Å². The molecule has 0 unspecified atom stereocenters. The summed E-state index contributed by atoms with van der Waals surface area (Å²) in [6.07, 6.45) is 6.95. The van der Waals surface area contributed by atoms with Crippen LogP contribution in [-0.2, 0) is 12.0 Å². The zero-order valence-electron chi connectivity index (χ0n) is 13.8. The summed E-state index contributed by atoms with van der Waals surface area (Å²) in [5.41, 5.74) is 2.72. The maximum absolute atomic E-state index is 14.3. The number of aromatic nitrogens is 2. The maximum Gasteiger partial charge on any atom is 0.151 e. The molecule has 130 valence electrons. The number of halogens is 2. The summed E-state index contributed by atoms with van der Waals surface area (Å²) in [6.45, 7) is 0.454. The summed E-state index contributed by atoms with van der Waals surface area (Å²) in [7, 11) is 0. The molecule has 1 aliphatic carbocycles. The van der Waals surface area contributed by atoms with E-state index < -0.39 is 5.82 Å². The lowest BCUT2D eigenvalue weighted by atomic mass is 9.72. The van der Waals surface area contributed by atoms with Crippen molar-refractivity contribution in [3.8, 4) is 0 Å². The van der Waals surface area contributed by atoms with Gasteiger partial charge in [-0.15, -0.1) is 0 Å². The van der Waals surface area contributed by atoms with Crippen molar-refractivity contribution in [3.05, 3.63) is 57.9 Å². The number of aliphatic imine (C=N–C) groups is 1. The minimum atomic E-state index is -0.485. The Hall–Kier alpha value is -1.85. The average molecular weight is 360 g/mol. The minimum Gasteiger partial charge on any atom is -0.395 e. The molecule has 6 heteroatoms. The van der Waals surface area contributed by atoms with E-state index >= 15 is 0 Å². The Labute approximate surface area is 150 Å². The molecule has 0 saturated heterocycles. The Bertz CT molecular complexity index is 847. The molecule has 1 fully saturated rings. The molecule has 2 aromatic rings. The normalized spacial score (nSPS) is 18.8. The van der Waals surface area contributed by atoms with Crippen LogP contribution in [0.3, 0.4) is 0 Å². The van der Waals surface area contributed by atoms with E-state index in [2.05, 4.69) is 9.98 Å². The predicted octanol–water partition coefficient (Wildman–Crippen LogP) is 3.81. The van der Waals surface area contributed by atoms with Gasteiger partial charge in [-0.1, -0.05) is 36.9 Å². The minimum absolute atomic E-state index is 0.0691. The lowest BCUT2D eigenvalue weighted by molar-refractivity contribution is 0.147. The number of aliphatic hydroxyl groups excluding tert-OH is 1. The lowest BCUT2D eigenvalue weighted by Crippen LogP contribution is -2.34. The molecule has 0 bridgehead atoms. The first-order valence-corrected chi connectivity index (χ1v) is 8.99. The van der Waals surface area contributed by atoms with E-state index in [0.29, 0.717) is 23.5 Å². The highest BCUT2D eigenvalue weighted by Crippen LogP contribution is 2.38. The Morgan fingerprint density at radius 3 is 2.76 bits per heavy atom. The zero-order valence-corrected chi connectivity index (χ0v) is 14.6. The molecule has 0 atom stereocenters. The van der Waals surface area contributed by atoms with Crippen LogP contribution in [0.15, 0.2) is 29.4 Å². The van der Waals surface area contributed by atoms with Gasteiger partial charge in [-0.05, 0) is 25.0 Å². The molecular formula is C19H19ClFN3O. The first-order valence-electron chi connectivity index (χ1n) is 8.61. The van der Waals surface area contributed by atoms with Crippen molar-refractivity contribution in [2.45, 2.75) is 44.1 Å². The van der Waals surface area contributed by atoms with Crippen molar-refractivity contribution < 1.29 is 9.50 Å². The van der Waals surface area contributed by atoms with E-state index in [4.69, 9.17) is 16.6 Å². The van der Waals surface area contributed by atoms with Gasteiger partial charge in [0.05, 0.1) is 35.3 Å². The topological polar surface area (TPSA) is 58.4 Å². The largest absolute Gasteiger partial charge is 0.395 e. The summed E-state index contributed by atoms with van der Waals surface area (Å²) in [6, 6.07) is 4.87. The molecule has 2 aliphatic rings. The fraction of sp³-hybridized carbons (Fsp3) is 0.421. The quantitative estimate of drug-likeness (QED) is 0.906. The number of benzene rings is 1. The second kappa shape index (κ2) is 6.46. The number of hydrogen-bond acceptors (Lipinski definition) is 4. The summed E-state index contributed by atoms with van der Waals surface area (Å²) >= 11 is 5.89. The highest BCUT2D eigenvalue weighted by atomic mass is 35.5. The summed E-state index contributed by atoms with van der Waals surface area (Å²) in [5, 5.41) is 10.0. The maximum atomic E-state index is 14.3. The Morgan fingerprint density at radius 1 is 1.20 bits per heavy atom. The third-order valence-corrected chi connectivity index (χ3v) is 5.61. The van der Waals surface area contributed by atoms with Crippen LogP contribution in [0.25, 0.3) is 0 Å². The van der Waals surface area contributed by atoms with Gasteiger partial charge in [-0.2, -0.15) is 0 Å². The van der Waals surface area contributed by atoms with Crippen molar-refractivity contribution in [1.29, 1.82) is 0 Å². The van der Waals surface area contributed by atoms with E-state index in [0.717, 1.165) is 37.1 Å². The molecule has 1 saturated carbocycles. The van der Waals surface area contributed by atoms with Crippen LogP contribution in [0.4, 0.5) is 4.39 Å². The molecule has 1 aromatic carbocycles. The van der Waals surface area contributed by atoms with Gasteiger partial charge in [0.2, 0.25) is 0 Å². The Morgan fingerprint density at radius 2 is 2.00 bits per heavy atom. The lowest BCUT2D eigenvalue weighted by Gasteiger charge is -2.34. The molecular weight excluding hydrogens is 341 g/mol. The SMILES string of the molecule is OCC1(c2cnc3c(n2)CN=C3c2cccc(Cl)c2F)CCCCC1. The van der Waals surface area contributed by atoms with Crippen LogP contribution in [0.1, 0.15) is 54.7 Å². The van der Waals surface area contributed by atoms with E-state index in [1.165, 1.54) is 12.5 Å². The van der Waals surface area contributed by atoms with Gasteiger partial charge in [-0.3, -0.25) is 15.0 Å². The van der Waals surface area contributed by atoms with Crippen LogP contribution in [0.5, 0.6) is 0 Å². The molecule has 1 N–H and O–H groups in total. The van der Waals surface area contributed by atoms with E-state index in [9.17, 15) is 9.50 Å². The number of aliphatic hydroxyl groups is 1. The van der Waals surface area contributed by atoms with Gasteiger partial charge >= 0.3 is 0 Å². The van der Waals surface area contributed by atoms with Gasteiger partial charge in [-0.25, -0.2) is 4.39 Å². The van der Waals surface area contributed by atoms with Gasteiger partial charge in [0.1, 0.15) is 5.69 Å². The fourth-order valence-corrected chi connectivity index (χ4v) is 4.02. The van der Waals surface area contributed by atoms with Gasteiger partial charge in [0, 0.05) is 17.2 Å². The van der Waals surface area contributed by atoms with Crippen LogP contribution in [0.2, 0.25) is 5.02 Å². The van der Waals surface area contributed by atoms with Crippen LogP contribution in [-0.4, -0.2) is 27.4 Å². The predicted molar refractivity (Wildman–Crippen MR) is 94.6 cm³/mol. The highest BCUT2D eigenvalue weighted by Gasteiger charge is 2.36. The molecule has 0 amide bonds. The standard InChI is InChI=1S/C19H19ClFN3O/c20-13-6-4-5-12(16(13)21)17-18-14(9-22-17)24-15(10-23-18)19(11-25)7-2-1-3-8-19/h4-6,10,25H,1-3,7-9,11H2. The third kappa shape index (κ3) is 2.75. The number of rotatable bonds is 3. The monoisotopic (exact) mass is 359 g/mol. The van der Waals surface area contributed by atoms with Crippen molar-refractivity contribution in [2.24, 2.45) is 4.99 Å². The highest BCUT2D eigenvalue weighted by molar-refractivity contribution is 6.31. The van der Waals surface area contributed by atoms with Crippen LogP contribution >= 0.6 is 11.6 Å². The van der Waals surface area contributed by atoms with Gasteiger partial charge in [0.15, 0.2) is 5.82 Å². The number of fused-ring (bicyclic) bond motifs is 1. The first-order chi connectivity index (χ1) is 12.1. The van der Waals surface area contributed by atoms with Crippen LogP contribution in [0, 0.1) is 5.82 Å². The molecule has 0 spiro atoms. The van der Waals surface area contributed by atoms with E-state index in [1.54, 1.807) is 18.3 Å². The van der Waals surface area contributed by atoms with E-state index in [-0.39, 0.29) is 17.0 Å². The van der Waals surface area contributed by atoms with Crippen molar-refractivity contribution in [3.63, 3.8) is 0 Å². The zero-order chi connectivity index (χ0) is 17.4. The number of hydrogen-bond donors (Lipinski definition) is 1. The molecule has 25 heavy (non-hydrogen) atoms. The average Bonchev–Trinajstić information content (AvgIpc) is 3.07. The third-order valence-electron chi connectivity index (χ3n) is 5.32. The van der Waals surface area contributed by atoms with Gasteiger partial charge < -0.3 is 5.11 Å². The molecule has 4 nitrogen and oxygen atoms in total. The van der Waals surface area contributed by atoms with Crippen LogP contribution < -0.4 is 0 Å². The smallest absolute Gasteiger partial charge is 0.151 e. The Balaban J connectivity index is 1.72. The van der Waals surface area contributed by atoms with Gasteiger partial charge in [0.25, 0.3) is 0 Å². The van der Waals surface area contributed by atoms with Crippen molar-refractivity contribution in [1.82, 2.24) is 9.97 Å². The molecule has 2 heterocycles. The summed E-state index contributed by atoms with van der Waals surface area (Å²) in [5.74, 6) is -0.485. The fourth-order valence-electron chi connectivity index (χ4n) is 3.84. The molecule has 1 aromatic heterocycles.